The highest BCUT2D eigenvalue weighted by Crippen LogP contribution is 2.22. The maximum absolute atomic E-state index is 11.9. The highest BCUT2D eigenvalue weighted by atomic mass is 16.5. The number of carbonyl (C=O) groups is 1. The Morgan fingerprint density at radius 3 is 2.50 bits per heavy atom. The van der Waals surface area contributed by atoms with Crippen LogP contribution in [-0.2, 0) is 17.9 Å². The predicted molar refractivity (Wildman–Crippen MR) is 117 cm³/mol. The van der Waals surface area contributed by atoms with Crippen molar-refractivity contribution >= 4 is 11.9 Å². The van der Waals surface area contributed by atoms with Crippen molar-refractivity contribution in [3.63, 3.8) is 0 Å². The van der Waals surface area contributed by atoms with Crippen LogP contribution in [0.25, 0.3) is 0 Å². The van der Waals surface area contributed by atoms with Crippen molar-refractivity contribution in [3.8, 4) is 5.75 Å². The summed E-state index contributed by atoms with van der Waals surface area (Å²) >= 11 is 0. The molecule has 0 radical (unpaired) electrons. The molecule has 30 heavy (non-hydrogen) atoms. The molecule has 8 heteroatoms. The van der Waals surface area contributed by atoms with E-state index in [9.17, 15) is 4.79 Å². The SMILES string of the molecule is CCC(CC)c1cc(CNC(=NCc2ccc(OC)cc2)NCC(=O)N(C)C)on1. The number of likely N-dealkylation sites (N-methyl/N-ethyl adjacent to an activating group) is 1. The third kappa shape index (κ3) is 7.09. The van der Waals surface area contributed by atoms with Gasteiger partial charge in [0, 0.05) is 26.1 Å². The van der Waals surface area contributed by atoms with Crippen molar-refractivity contribution in [1.29, 1.82) is 0 Å². The van der Waals surface area contributed by atoms with E-state index in [2.05, 4.69) is 34.6 Å². The summed E-state index contributed by atoms with van der Waals surface area (Å²) in [4.78, 5) is 18.1. The van der Waals surface area contributed by atoms with Crippen LogP contribution in [0.2, 0.25) is 0 Å². The summed E-state index contributed by atoms with van der Waals surface area (Å²) in [5.74, 6) is 2.43. The molecule has 0 saturated heterocycles. The minimum absolute atomic E-state index is 0.0374. The Morgan fingerprint density at radius 1 is 1.20 bits per heavy atom. The number of aromatic nitrogens is 1. The van der Waals surface area contributed by atoms with Crippen LogP contribution in [0.1, 0.15) is 49.6 Å². The molecule has 0 fully saturated rings. The Labute approximate surface area is 178 Å². The number of nitrogens with zero attached hydrogens (tertiary/aromatic N) is 3. The van der Waals surface area contributed by atoms with Gasteiger partial charge < -0.3 is 24.8 Å². The van der Waals surface area contributed by atoms with Gasteiger partial charge in [-0.3, -0.25) is 4.79 Å². The van der Waals surface area contributed by atoms with Gasteiger partial charge in [-0.15, -0.1) is 0 Å². The van der Waals surface area contributed by atoms with E-state index in [-0.39, 0.29) is 12.5 Å². The Morgan fingerprint density at radius 2 is 1.90 bits per heavy atom. The molecule has 164 valence electrons. The van der Waals surface area contributed by atoms with Crippen LogP contribution < -0.4 is 15.4 Å². The second-order valence-corrected chi connectivity index (χ2v) is 7.24. The van der Waals surface area contributed by atoms with Gasteiger partial charge in [0.25, 0.3) is 0 Å². The lowest BCUT2D eigenvalue weighted by Crippen LogP contribution is -2.42. The molecule has 1 aromatic carbocycles. The second-order valence-electron chi connectivity index (χ2n) is 7.24. The molecule has 8 nitrogen and oxygen atoms in total. The van der Waals surface area contributed by atoms with Crippen LogP contribution in [0.15, 0.2) is 39.8 Å². The average molecular weight is 416 g/mol. The van der Waals surface area contributed by atoms with Crippen LogP contribution in [0.5, 0.6) is 5.75 Å². The fraction of sp³-hybridized carbons (Fsp3) is 0.500. The lowest BCUT2D eigenvalue weighted by molar-refractivity contribution is -0.127. The number of rotatable bonds is 10. The quantitative estimate of drug-likeness (QED) is 0.458. The van der Waals surface area contributed by atoms with Gasteiger partial charge in [0.05, 0.1) is 32.4 Å². The highest BCUT2D eigenvalue weighted by Gasteiger charge is 2.13. The van der Waals surface area contributed by atoms with Crippen molar-refractivity contribution in [2.24, 2.45) is 4.99 Å². The minimum Gasteiger partial charge on any atom is -0.497 e. The van der Waals surface area contributed by atoms with Gasteiger partial charge in [0.2, 0.25) is 5.91 Å². The third-order valence-electron chi connectivity index (χ3n) is 4.90. The summed E-state index contributed by atoms with van der Waals surface area (Å²) < 4.78 is 10.7. The zero-order chi connectivity index (χ0) is 21.9. The van der Waals surface area contributed by atoms with Crippen molar-refractivity contribution in [2.75, 3.05) is 27.7 Å². The van der Waals surface area contributed by atoms with Crippen LogP contribution >= 0.6 is 0 Å². The summed E-state index contributed by atoms with van der Waals surface area (Å²) in [6.45, 7) is 5.34. The molecule has 1 amide bonds. The zero-order valence-electron chi connectivity index (χ0n) is 18.6. The molecule has 0 aliphatic heterocycles. The molecule has 0 atom stereocenters. The first-order chi connectivity index (χ1) is 14.5. The van der Waals surface area contributed by atoms with Gasteiger partial charge in [-0.05, 0) is 30.5 Å². The summed E-state index contributed by atoms with van der Waals surface area (Å²) in [6.07, 6.45) is 2.05. The normalized spacial score (nSPS) is 11.5. The average Bonchev–Trinajstić information content (AvgIpc) is 3.22. The number of hydrogen-bond donors (Lipinski definition) is 2. The van der Waals surface area contributed by atoms with Crippen LogP contribution in [0, 0.1) is 0 Å². The summed E-state index contributed by atoms with van der Waals surface area (Å²) in [6, 6.07) is 9.70. The number of nitrogens with one attached hydrogen (secondary N) is 2. The Bertz CT molecular complexity index is 810. The summed E-state index contributed by atoms with van der Waals surface area (Å²) in [5.41, 5.74) is 2.01. The minimum atomic E-state index is -0.0374. The van der Waals surface area contributed by atoms with Crippen molar-refractivity contribution < 1.29 is 14.1 Å². The number of carbonyl (C=O) groups excluding carboxylic acids is 1. The standard InChI is InChI=1S/C22H33N5O3/c1-6-17(7-2)20-12-19(30-26-20)14-24-22(25-15-21(28)27(3)4)23-13-16-8-10-18(29-5)11-9-16/h8-12,17H,6-7,13-15H2,1-5H3,(H2,23,24,25). The second kappa shape index (κ2) is 11.8. The maximum atomic E-state index is 11.9. The van der Waals surface area contributed by atoms with Crippen LogP contribution in [0.4, 0.5) is 0 Å². The molecule has 0 aliphatic rings. The highest BCUT2D eigenvalue weighted by molar-refractivity contribution is 5.86. The number of benzene rings is 1. The lowest BCUT2D eigenvalue weighted by atomic mass is 9.99. The van der Waals surface area contributed by atoms with E-state index in [0.29, 0.717) is 25.0 Å². The first kappa shape index (κ1) is 23.3. The molecule has 1 aromatic heterocycles. The van der Waals surface area contributed by atoms with Gasteiger partial charge in [0.15, 0.2) is 11.7 Å². The summed E-state index contributed by atoms with van der Waals surface area (Å²) in [7, 11) is 5.08. The molecule has 0 bridgehead atoms. The lowest BCUT2D eigenvalue weighted by Gasteiger charge is -2.14. The molecule has 2 rings (SSSR count). The first-order valence-electron chi connectivity index (χ1n) is 10.3. The van der Waals surface area contributed by atoms with Gasteiger partial charge >= 0.3 is 0 Å². The van der Waals surface area contributed by atoms with E-state index in [1.807, 2.05) is 30.3 Å². The van der Waals surface area contributed by atoms with E-state index in [4.69, 9.17) is 9.26 Å². The number of aliphatic imine (C=N–C) groups is 1. The first-order valence-corrected chi connectivity index (χ1v) is 10.3. The van der Waals surface area contributed by atoms with Crippen molar-refractivity contribution in [2.45, 2.75) is 45.7 Å². The van der Waals surface area contributed by atoms with Gasteiger partial charge in [0.1, 0.15) is 5.75 Å². The zero-order valence-corrected chi connectivity index (χ0v) is 18.6. The van der Waals surface area contributed by atoms with Crippen molar-refractivity contribution in [3.05, 3.63) is 47.3 Å². The molecule has 1 heterocycles. The molecular weight excluding hydrogens is 382 g/mol. The molecule has 0 spiro atoms. The maximum Gasteiger partial charge on any atom is 0.241 e. The fourth-order valence-electron chi connectivity index (χ4n) is 2.88. The van der Waals surface area contributed by atoms with Gasteiger partial charge in [-0.25, -0.2) is 4.99 Å². The van der Waals surface area contributed by atoms with Crippen LogP contribution in [-0.4, -0.2) is 49.7 Å². The smallest absolute Gasteiger partial charge is 0.241 e. The topological polar surface area (TPSA) is 92.0 Å². The molecule has 0 saturated carbocycles. The van der Waals surface area contributed by atoms with E-state index < -0.39 is 0 Å². The van der Waals surface area contributed by atoms with Crippen LogP contribution in [0.3, 0.4) is 0 Å². The van der Waals surface area contributed by atoms with E-state index >= 15 is 0 Å². The molecular formula is C22H33N5O3. The number of amides is 1. The van der Waals surface area contributed by atoms with E-state index in [1.54, 1.807) is 21.2 Å². The fourth-order valence-corrected chi connectivity index (χ4v) is 2.88. The third-order valence-corrected chi connectivity index (χ3v) is 4.90. The monoisotopic (exact) mass is 415 g/mol. The molecule has 0 unspecified atom stereocenters. The number of guanidine groups is 1. The molecule has 0 aliphatic carbocycles. The largest absolute Gasteiger partial charge is 0.497 e. The van der Waals surface area contributed by atoms with Gasteiger partial charge in [-0.1, -0.05) is 31.1 Å². The van der Waals surface area contributed by atoms with Crippen molar-refractivity contribution in [1.82, 2.24) is 20.7 Å². The Balaban J connectivity index is 2.03. The van der Waals surface area contributed by atoms with E-state index in [0.717, 1.165) is 35.6 Å². The van der Waals surface area contributed by atoms with Gasteiger partial charge in [-0.2, -0.15) is 0 Å². The molecule has 2 aromatic rings. The Hall–Kier alpha value is -3.03. The van der Waals surface area contributed by atoms with E-state index in [1.165, 1.54) is 4.90 Å². The molecule has 2 N–H and O–H groups in total. The number of ether oxygens (including phenoxy) is 1. The Kier molecular flexibility index (Phi) is 9.18. The number of methoxy groups -OCH3 is 1. The predicted octanol–water partition coefficient (Wildman–Crippen LogP) is 2.91. The number of hydrogen-bond acceptors (Lipinski definition) is 5. The summed E-state index contributed by atoms with van der Waals surface area (Å²) in [5, 5.41) is 10.5.